The fraction of sp³-hybridized carbons (Fsp3) is 0.316. The van der Waals surface area contributed by atoms with Crippen LogP contribution in [0.3, 0.4) is 0 Å². The van der Waals surface area contributed by atoms with E-state index in [9.17, 15) is 9.18 Å². The Morgan fingerprint density at radius 2 is 1.54 bits per heavy atom. The van der Waals surface area contributed by atoms with Gasteiger partial charge in [-0.05, 0) is 67.5 Å². The van der Waals surface area contributed by atoms with Crippen LogP contribution in [0.2, 0.25) is 0 Å². The zero-order valence-corrected chi connectivity index (χ0v) is 13.4. The normalized spacial score (nSPS) is 20.5. The predicted octanol–water partition coefficient (Wildman–Crippen LogP) is 3.87. The monoisotopic (exact) mass is 328 g/mol. The first kappa shape index (κ1) is 16.3. The van der Waals surface area contributed by atoms with Crippen molar-refractivity contribution in [2.24, 2.45) is 0 Å². The van der Waals surface area contributed by atoms with Gasteiger partial charge in [0, 0.05) is 11.4 Å². The lowest BCUT2D eigenvalue weighted by atomic mass is 9.83. The minimum absolute atomic E-state index is 0.100. The summed E-state index contributed by atoms with van der Waals surface area (Å²) in [4.78, 5) is 12.2. The molecule has 24 heavy (non-hydrogen) atoms. The van der Waals surface area contributed by atoms with Crippen molar-refractivity contribution in [2.75, 3.05) is 11.5 Å². The predicted molar refractivity (Wildman–Crippen MR) is 92.1 cm³/mol. The molecule has 2 aromatic carbocycles. The Hall–Kier alpha value is -2.56. The van der Waals surface area contributed by atoms with Gasteiger partial charge in [0.1, 0.15) is 11.9 Å². The molecule has 0 amide bonds. The second-order valence-electron chi connectivity index (χ2n) is 6.32. The van der Waals surface area contributed by atoms with E-state index < -0.39 is 0 Å². The highest BCUT2D eigenvalue weighted by atomic mass is 19.1. The van der Waals surface area contributed by atoms with E-state index in [2.05, 4.69) is 0 Å². The average molecular weight is 328 g/mol. The summed E-state index contributed by atoms with van der Waals surface area (Å²) >= 11 is 0. The van der Waals surface area contributed by atoms with Crippen LogP contribution in [0.1, 0.15) is 47.5 Å². The Kier molecular flexibility index (Phi) is 4.69. The third-order valence-electron chi connectivity index (χ3n) is 4.50. The van der Waals surface area contributed by atoms with Gasteiger partial charge in [0.25, 0.3) is 0 Å². The first-order chi connectivity index (χ1) is 11.5. The highest BCUT2D eigenvalue weighted by molar-refractivity contribution is 5.91. The van der Waals surface area contributed by atoms with Gasteiger partial charge in [-0.3, -0.25) is 0 Å². The van der Waals surface area contributed by atoms with E-state index in [1.165, 1.54) is 12.1 Å². The van der Waals surface area contributed by atoms with Crippen molar-refractivity contribution < 1.29 is 13.9 Å². The van der Waals surface area contributed by atoms with Crippen molar-refractivity contribution in [3.63, 3.8) is 0 Å². The molecular weight excluding hydrogens is 307 g/mol. The maximum Gasteiger partial charge on any atom is 0.338 e. The van der Waals surface area contributed by atoms with Gasteiger partial charge in [0.05, 0.1) is 5.56 Å². The molecule has 4 N–H and O–H groups in total. The number of rotatable bonds is 3. The molecule has 3 rings (SSSR count). The summed E-state index contributed by atoms with van der Waals surface area (Å²) in [6, 6.07) is 11.4. The molecule has 0 unspecified atom stereocenters. The van der Waals surface area contributed by atoms with Crippen molar-refractivity contribution in [1.29, 1.82) is 0 Å². The molecular formula is C19H21FN2O2. The van der Waals surface area contributed by atoms with Crippen molar-refractivity contribution in [3.8, 4) is 0 Å². The summed E-state index contributed by atoms with van der Waals surface area (Å²) in [6.07, 6.45) is 3.33. The lowest BCUT2D eigenvalue weighted by Gasteiger charge is -2.28. The van der Waals surface area contributed by atoms with E-state index in [4.69, 9.17) is 16.2 Å². The minimum Gasteiger partial charge on any atom is -0.459 e. The first-order valence-corrected chi connectivity index (χ1v) is 8.14. The summed E-state index contributed by atoms with van der Waals surface area (Å²) in [5.74, 6) is -0.217. The van der Waals surface area contributed by atoms with E-state index in [-0.39, 0.29) is 17.9 Å². The smallest absolute Gasteiger partial charge is 0.338 e. The summed E-state index contributed by atoms with van der Waals surface area (Å²) in [5, 5.41) is 0. The number of carbonyl (C=O) groups excluding carboxylic acids is 1. The van der Waals surface area contributed by atoms with Gasteiger partial charge in [-0.15, -0.1) is 0 Å². The Bertz CT molecular complexity index is 702. The molecule has 0 bridgehead atoms. The molecule has 4 nitrogen and oxygen atoms in total. The second kappa shape index (κ2) is 6.91. The number of benzene rings is 2. The summed E-state index contributed by atoms with van der Waals surface area (Å²) in [6.45, 7) is 0. The van der Waals surface area contributed by atoms with Crippen LogP contribution in [0.4, 0.5) is 15.8 Å². The van der Waals surface area contributed by atoms with Gasteiger partial charge in [-0.1, -0.05) is 12.1 Å². The molecule has 0 spiro atoms. The first-order valence-electron chi connectivity index (χ1n) is 8.14. The number of esters is 1. The van der Waals surface area contributed by atoms with Crippen LogP contribution in [-0.4, -0.2) is 12.1 Å². The number of anilines is 2. The minimum atomic E-state index is -0.390. The number of carbonyl (C=O) groups is 1. The maximum atomic E-state index is 13.0. The summed E-state index contributed by atoms with van der Waals surface area (Å²) < 4.78 is 18.6. The van der Waals surface area contributed by atoms with Crippen LogP contribution in [0.15, 0.2) is 42.5 Å². The molecule has 0 atom stereocenters. The number of nitrogen functional groups attached to an aromatic ring is 2. The topological polar surface area (TPSA) is 78.3 Å². The Morgan fingerprint density at radius 3 is 2.12 bits per heavy atom. The molecule has 126 valence electrons. The van der Waals surface area contributed by atoms with Crippen LogP contribution < -0.4 is 11.5 Å². The van der Waals surface area contributed by atoms with Crippen molar-refractivity contribution >= 4 is 17.3 Å². The molecule has 2 aromatic rings. The average Bonchev–Trinajstić information content (AvgIpc) is 2.55. The summed E-state index contributed by atoms with van der Waals surface area (Å²) in [7, 11) is 0. The molecule has 0 radical (unpaired) electrons. The van der Waals surface area contributed by atoms with Crippen molar-refractivity contribution in [3.05, 3.63) is 59.4 Å². The van der Waals surface area contributed by atoms with Crippen LogP contribution in [0, 0.1) is 5.82 Å². The Morgan fingerprint density at radius 1 is 0.958 bits per heavy atom. The number of ether oxygens (including phenoxy) is 1. The zero-order chi connectivity index (χ0) is 17.1. The number of halogens is 1. The van der Waals surface area contributed by atoms with Gasteiger partial charge in [-0.2, -0.15) is 0 Å². The highest BCUT2D eigenvalue weighted by Gasteiger charge is 2.25. The lowest BCUT2D eigenvalue weighted by molar-refractivity contribution is 0.0195. The quantitative estimate of drug-likeness (QED) is 0.662. The fourth-order valence-corrected chi connectivity index (χ4v) is 3.26. The van der Waals surface area contributed by atoms with E-state index in [0.29, 0.717) is 22.9 Å². The number of hydrogen-bond donors (Lipinski definition) is 2. The third kappa shape index (κ3) is 3.85. The second-order valence-corrected chi connectivity index (χ2v) is 6.32. The Labute approximate surface area is 140 Å². The molecule has 0 aliphatic heterocycles. The third-order valence-corrected chi connectivity index (χ3v) is 4.50. The van der Waals surface area contributed by atoms with Crippen LogP contribution in [0.5, 0.6) is 0 Å². The fourth-order valence-electron chi connectivity index (χ4n) is 3.26. The molecule has 1 saturated carbocycles. The van der Waals surface area contributed by atoms with Gasteiger partial charge in [0.2, 0.25) is 0 Å². The molecule has 0 aromatic heterocycles. The van der Waals surface area contributed by atoms with E-state index in [1.54, 1.807) is 18.2 Å². The van der Waals surface area contributed by atoms with E-state index in [1.807, 2.05) is 12.1 Å². The van der Waals surface area contributed by atoms with Gasteiger partial charge < -0.3 is 16.2 Å². The lowest BCUT2D eigenvalue weighted by Crippen LogP contribution is -2.24. The van der Waals surface area contributed by atoms with E-state index >= 15 is 0 Å². The summed E-state index contributed by atoms with van der Waals surface area (Å²) in [5.41, 5.74) is 13.8. The van der Waals surface area contributed by atoms with Crippen LogP contribution in [-0.2, 0) is 4.74 Å². The molecule has 1 fully saturated rings. The zero-order valence-electron chi connectivity index (χ0n) is 13.4. The number of nitrogens with two attached hydrogens (primary N) is 2. The van der Waals surface area contributed by atoms with Crippen LogP contribution >= 0.6 is 0 Å². The molecule has 5 heteroatoms. The van der Waals surface area contributed by atoms with Crippen molar-refractivity contribution in [1.82, 2.24) is 0 Å². The molecule has 1 aliphatic rings. The molecule has 1 aliphatic carbocycles. The Balaban J connectivity index is 1.57. The molecule has 0 saturated heterocycles. The standard InChI is InChI=1S/C19H21FN2O2/c20-15-5-1-12(2-6-15)13-3-7-18(8-4-13)24-19(23)14-9-16(21)11-17(22)10-14/h1-2,5-6,9-11,13,18H,3-4,7-8,21-22H2. The van der Waals surface area contributed by atoms with Crippen molar-refractivity contribution in [2.45, 2.75) is 37.7 Å². The molecule has 0 heterocycles. The maximum absolute atomic E-state index is 13.0. The van der Waals surface area contributed by atoms with E-state index in [0.717, 1.165) is 31.2 Å². The SMILES string of the molecule is Nc1cc(N)cc(C(=O)OC2CCC(c3ccc(F)cc3)CC2)c1. The van der Waals surface area contributed by atoms with Gasteiger partial charge >= 0.3 is 5.97 Å². The number of hydrogen-bond acceptors (Lipinski definition) is 4. The van der Waals surface area contributed by atoms with Crippen LogP contribution in [0.25, 0.3) is 0 Å². The largest absolute Gasteiger partial charge is 0.459 e. The van der Waals surface area contributed by atoms with Gasteiger partial charge in [0.15, 0.2) is 0 Å². The van der Waals surface area contributed by atoms with Gasteiger partial charge in [-0.25, -0.2) is 9.18 Å². The highest BCUT2D eigenvalue weighted by Crippen LogP contribution is 2.34.